The zero-order valence-corrected chi connectivity index (χ0v) is 18.3. The molecule has 0 bridgehead atoms. The van der Waals surface area contributed by atoms with Crippen LogP contribution in [0.4, 0.5) is 0 Å². The molecule has 0 spiro atoms. The predicted molar refractivity (Wildman–Crippen MR) is 115 cm³/mol. The third kappa shape index (κ3) is 7.45. The molecule has 0 amide bonds. The number of aliphatic carboxylic acids is 2. The van der Waals surface area contributed by atoms with Crippen molar-refractivity contribution in [3.05, 3.63) is 33.8 Å². The number of rotatable bonds is 5. The molecule has 0 radical (unpaired) electrons. The topological polar surface area (TPSA) is 81.1 Å². The first kappa shape index (κ1) is 23.9. The van der Waals surface area contributed by atoms with Crippen LogP contribution >= 0.6 is 23.2 Å². The van der Waals surface area contributed by atoms with Crippen LogP contribution in [0.3, 0.4) is 0 Å². The van der Waals surface area contributed by atoms with Crippen molar-refractivity contribution in [2.45, 2.75) is 57.0 Å². The maximum absolute atomic E-state index is 9.10. The Kier molecular flexibility index (Phi) is 9.69. The Morgan fingerprint density at radius 2 is 1.66 bits per heavy atom. The Morgan fingerprint density at radius 1 is 1.03 bits per heavy atom. The van der Waals surface area contributed by atoms with Crippen molar-refractivity contribution in [3.63, 3.8) is 0 Å². The molecule has 1 aliphatic carbocycles. The quantitative estimate of drug-likeness (QED) is 0.667. The SMILES string of the molecule is CN(CCc1ccc(Cl)c(Cl)c1)C1CCCCC1N1CCCC1.O=C(O)C(=O)O. The van der Waals surface area contributed by atoms with Gasteiger partial charge in [-0.15, -0.1) is 0 Å². The predicted octanol–water partition coefficient (Wildman–Crippen LogP) is 4.03. The van der Waals surface area contributed by atoms with Crippen molar-refractivity contribution in [1.29, 1.82) is 0 Å². The summed E-state index contributed by atoms with van der Waals surface area (Å²) in [4.78, 5) is 23.5. The molecule has 8 heteroatoms. The first-order chi connectivity index (χ1) is 13.8. The van der Waals surface area contributed by atoms with Crippen LogP contribution in [0.2, 0.25) is 10.0 Å². The summed E-state index contributed by atoms with van der Waals surface area (Å²) in [7, 11) is 2.30. The van der Waals surface area contributed by atoms with Gasteiger partial charge in [-0.1, -0.05) is 42.1 Å². The summed E-state index contributed by atoms with van der Waals surface area (Å²) in [5.41, 5.74) is 1.28. The van der Waals surface area contributed by atoms with Gasteiger partial charge in [-0.3, -0.25) is 4.90 Å². The Balaban J connectivity index is 0.000000438. The Morgan fingerprint density at radius 3 is 2.24 bits per heavy atom. The Hall–Kier alpha value is -1.34. The molecule has 0 aromatic heterocycles. The van der Waals surface area contributed by atoms with Crippen molar-refractivity contribution in [2.24, 2.45) is 0 Å². The van der Waals surface area contributed by atoms with Crippen molar-refractivity contribution < 1.29 is 19.8 Å². The third-order valence-electron chi connectivity index (χ3n) is 5.79. The molecule has 1 heterocycles. The second-order valence-electron chi connectivity index (χ2n) is 7.75. The fourth-order valence-corrected chi connectivity index (χ4v) is 4.59. The van der Waals surface area contributed by atoms with E-state index in [0.29, 0.717) is 16.1 Å². The molecule has 29 heavy (non-hydrogen) atoms. The monoisotopic (exact) mass is 444 g/mol. The third-order valence-corrected chi connectivity index (χ3v) is 6.53. The van der Waals surface area contributed by atoms with E-state index in [-0.39, 0.29) is 0 Å². The molecule has 2 aliphatic rings. The number of hydrogen-bond acceptors (Lipinski definition) is 4. The van der Waals surface area contributed by atoms with Crippen molar-refractivity contribution >= 4 is 35.1 Å². The van der Waals surface area contributed by atoms with Gasteiger partial charge in [0.1, 0.15) is 0 Å². The number of carboxylic acids is 2. The van der Waals surface area contributed by atoms with E-state index in [4.69, 9.17) is 43.0 Å². The van der Waals surface area contributed by atoms with E-state index in [9.17, 15) is 0 Å². The highest BCUT2D eigenvalue weighted by molar-refractivity contribution is 6.42. The van der Waals surface area contributed by atoms with Crippen LogP contribution in [0, 0.1) is 0 Å². The molecule has 2 N–H and O–H groups in total. The zero-order valence-electron chi connectivity index (χ0n) is 16.8. The standard InChI is InChI=1S/C19H28Cl2N2.C2H2O4/c1-22(13-10-15-8-9-16(20)17(21)14-15)18-6-2-3-7-19(18)23-11-4-5-12-23;3-1(4)2(5)6/h8-9,14,18-19H,2-7,10-13H2,1H3;(H,3,4)(H,5,6). The molecule has 1 saturated carbocycles. The van der Waals surface area contributed by atoms with Crippen LogP contribution in [0.5, 0.6) is 0 Å². The lowest BCUT2D eigenvalue weighted by atomic mass is 9.88. The lowest BCUT2D eigenvalue weighted by Crippen LogP contribution is -2.51. The molecule has 1 aliphatic heterocycles. The van der Waals surface area contributed by atoms with Crippen molar-refractivity contribution in [3.8, 4) is 0 Å². The first-order valence-electron chi connectivity index (χ1n) is 10.1. The van der Waals surface area contributed by atoms with Gasteiger partial charge in [0.15, 0.2) is 0 Å². The number of nitrogens with zero attached hydrogens (tertiary/aromatic N) is 2. The summed E-state index contributed by atoms with van der Waals surface area (Å²) in [5, 5.41) is 16.1. The van der Waals surface area contributed by atoms with E-state index in [1.807, 2.05) is 12.1 Å². The molecule has 162 valence electrons. The first-order valence-corrected chi connectivity index (χ1v) is 10.9. The summed E-state index contributed by atoms with van der Waals surface area (Å²) in [5.74, 6) is -3.65. The maximum Gasteiger partial charge on any atom is 0.414 e. The molecule has 1 saturated heterocycles. The minimum atomic E-state index is -1.82. The van der Waals surface area contributed by atoms with E-state index in [2.05, 4.69) is 22.9 Å². The smallest absolute Gasteiger partial charge is 0.414 e. The second kappa shape index (κ2) is 11.7. The average molecular weight is 445 g/mol. The van der Waals surface area contributed by atoms with E-state index in [0.717, 1.165) is 19.0 Å². The van der Waals surface area contributed by atoms with Gasteiger partial charge in [-0.25, -0.2) is 9.59 Å². The second-order valence-corrected chi connectivity index (χ2v) is 8.57. The van der Waals surface area contributed by atoms with Crippen LogP contribution < -0.4 is 0 Å². The molecule has 3 rings (SSSR count). The fraction of sp³-hybridized carbons (Fsp3) is 0.619. The van der Waals surface area contributed by atoms with Gasteiger partial charge in [-0.05, 0) is 69.9 Å². The number of benzene rings is 1. The summed E-state index contributed by atoms with van der Waals surface area (Å²) < 4.78 is 0. The van der Waals surface area contributed by atoms with Gasteiger partial charge < -0.3 is 15.1 Å². The highest BCUT2D eigenvalue weighted by atomic mass is 35.5. The molecular weight excluding hydrogens is 415 g/mol. The van der Waals surface area contributed by atoms with Crippen LogP contribution in [-0.2, 0) is 16.0 Å². The molecular formula is C21H30Cl2N2O4. The molecule has 1 aromatic carbocycles. The van der Waals surface area contributed by atoms with E-state index < -0.39 is 11.9 Å². The van der Waals surface area contributed by atoms with Crippen LogP contribution in [0.15, 0.2) is 18.2 Å². The fourth-order valence-electron chi connectivity index (χ4n) is 4.27. The number of halogens is 2. The number of hydrogen-bond donors (Lipinski definition) is 2. The molecule has 2 atom stereocenters. The minimum Gasteiger partial charge on any atom is -0.473 e. The van der Waals surface area contributed by atoms with Gasteiger partial charge in [-0.2, -0.15) is 0 Å². The number of likely N-dealkylation sites (tertiary alicyclic amines) is 1. The number of carboxylic acid groups (broad SMARTS) is 2. The average Bonchev–Trinajstić information content (AvgIpc) is 3.24. The highest BCUT2D eigenvalue weighted by Gasteiger charge is 2.33. The number of carbonyl (C=O) groups is 2. The van der Waals surface area contributed by atoms with Crippen molar-refractivity contribution in [1.82, 2.24) is 9.80 Å². The van der Waals surface area contributed by atoms with Crippen molar-refractivity contribution in [2.75, 3.05) is 26.7 Å². The lowest BCUT2D eigenvalue weighted by Gasteiger charge is -2.42. The van der Waals surface area contributed by atoms with E-state index in [1.54, 1.807) is 0 Å². The summed E-state index contributed by atoms with van der Waals surface area (Å²) in [6.45, 7) is 3.70. The zero-order chi connectivity index (χ0) is 21.4. The Labute approximate surface area is 182 Å². The normalized spacial score (nSPS) is 22.2. The minimum absolute atomic E-state index is 0.644. The van der Waals surface area contributed by atoms with Gasteiger partial charge in [0.05, 0.1) is 10.0 Å². The van der Waals surface area contributed by atoms with Crippen LogP contribution in [0.25, 0.3) is 0 Å². The largest absolute Gasteiger partial charge is 0.473 e. The van der Waals surface area contributed by atoms with Gasteiger partial charge in [0.25, 0.3) is 0 Å². The number of likely N-dealkylation sites (N-methyl/N-ethyl adjacent to an activating group) is 1. The summed E-state index contributed by atoms with van der Waals surface area (Å²) in [6, 6.07) is 7.50. The molecule has 2 fully saturated rings. The maximum atomic E-state index is 9.10. The van der Waals surface area contributed by atoms with Gasteiger partial charge in [0, 0.05) is 18.6 Å². The molecule has 6 nitrogen and oxygen atoms in total. The Bertz CT molecular complexity index is 683. The van der Waals surface area contributed by atoms with E-state index in [1.165, 1.54) is 57.2 Å². The molecule has 2 unspecified atom stereocenters. The molecule has 1 aromatic rings. The summed E-state index contributed by atoms with van der Waals surface area (Å²) in [6.07, 6.45) is 9.31. The summed E-state index contributed by atoms with van der Waals surface area (Å²) >= 11 is 12.1. The van der Waals surface area contributed by atoms with Gasteiger partial charge in [0.2, 0.25) is 0 Å². The highest BCUT2D eigenvalue weighted by Crippen LogP contribution is 2.29. The van der Waals surface area contributed by atoms with Crippen LogP contribution in [0.1, 0.15) is 44.1 Å². The van der Waals surface area contributed by atoms with Gasteiger partial charge >= 0.3 is 11.9 Å². The lowest BCUT2D eigenvalue weighted by molar-refractivity contribution is -0.159. The van der Waals surface area contributed by atoms with Crippen LogP contribution in [-0.4, -0.2) is 70.7 Å². The van der Waals surface area contributed by atoms with E-state index >= 15 is 0 Å².